The highest BCUT2D eigenvalue weighted by Gasteiger charge is 2.30. The molecule has 0 amide bonds. The molecular formula is C16H14F3NO4S. The van der Waals surface area contributed by atoms with Crippen molar-refractivity contribution in [1.29, 1.82) is 0 Å². The van der Waals surface area contributed by atoms with Gasteiger partial charge in [0.05, 0.1) is 23.1 Å². The average molecular weight is 373 g/mol. The highest BCUT2D eigenvalue weighted by molar-refractivity contribution is 7.92. The Kier molecular flexibility index (Phi) is 5.07. The lowest BCUT2D eigenvalue weighted by molar-refractivity contribution is -0.137. The van der Waals surface area contributed by atoms with Crippen molar-refractivity contribution in [1.82, 2.24) is 0 Å². The Bertz CT molecular complexity index is 891. The maximum absolute atomic E-state index is 12.5. The normalized spacial score (nSPS) is 11.9. The molecule has 0 spiro atoms. The highest BCUT2D eigenvalue weighted by Crippen LogP contribution is 2.30. The van der Waals surface area contributed by atoms with Gasteiger partial charge in [0, 0.05) is 5.69 Å². The molecule has 0 saturated heterocycles. The lowest BCUT2D eigenvalue weighted by Crippen LogP contribution is -2.15. The Balaban J connectivity index is 2.35. The van der Waals surface area contributed by atoms with E-state index >= 15 is 0 Å². The van der Waals surface area contributed by atoms with E-state index in [1.807, 2.05) is 0 Å². The minimum absolute atomic E-state index is 0.0316. The number of ether oxygens (including phenoxy) is 1. The maximum Gasteiger partial charge on any atom is 0.416 e. The number of hydrogen-bond acceptors (Lipinski definition) is 4. The smallest absolute Gasteiger partial charge is 0.416 e. The number of carbonyl (C=O) groups is 1. The molecule has 0 aliphatic rings. The first-order valence-electron chi connectivity index (χ1n) is 6.93. The van der Waals surface area contributed by atoms with E-state index < -0.39 is 27.7 Å². The molecule has 0 bridgehead atoms. The van der Waals surface area contributed by atoms with Crippen LogP contribution in [0.5, 0.6) is 0 Å². The van der Waals surface area contributed by atoms with Gasteiger partial charge in [-0.15, -0.1) is 0 Å². The fraction of sp³-hybridized carbons (Fsp3) is 0.188. The number of hydrogen-bond donors (Lipinski definition) is 1. The van der Waals surface area contributed by atoms with Gasteiger partial charge in [0.1, 0.15) is 0 Å². The molecule has 2 aromatic rings. The number of methoxy groups -OCH3 is 1. The predicted molar refractivity (Wildman–Crippen MR) is 84.8 cm³/mol. The highest BCUT2D eigenvalue weighted by atomic mass is 32.2. The van der Waals surface area contributed by atoms with Crippen LogP contribution in [0.4, 0.5) is 18.9 Å². The van der Waals surface area contributed by atoms with Crippen LogP contribution in [0.3, 0.4) is 0 Å². The second-order valence-corrected chi connectivity index (χ2v) is 6.80. The molecule has 5 nitrogen and oxygen atoms in total. The van der Waals surface area contributed by atoms with Gasteiger partial charge in [0.15, 0.2) is 0 Å². The zero-order chi connectivity index (χ0) is 18.8. The second-order valence-electron chi connectivity index (χ2n) is 5.15. The third-order valence-corrected chi connectivity index (χ3v) is 4.89. The van der Waals surface area contributed by atoms with E-state index in [9.17, 15) is 26.4 Å². The molecule has 9 heteroatoms. The number of benzene rings is 2. The van der Waals surface area contributed by atoms with E-state index in [-0.39, 0.29) is 16.1 Å². The molecule has 0 heterocycles. The topological polar surface area (TPSA) is 72.5 Å². The molecule has 0 saturated carbocycles. The van der Waals surface area contributed by atoms with Gasteiger partial charge in [-0.25, -0.2) is 13.2 Å². The molecule has 0 fully saturated rings. The van der Waals surface area contributed by atoms with E-state index in [0.717, 1.165) is 37.4 Å². The molecule has 0 aliphatic carbocycles. The summed E-state index contributed by atoms with van der Waals surface area (Å²) in [7, 11) is -2.93. The van der Waals surface area contributed by atoms with Crippen LogP contribution < -0.4 is 4.72 Å². The van der Waals surface area contributed by atoms with Gasteiger partial charge in [-0.2, -0.15) is 13.2 Å². The summed E-state index contributed by atoms with van der Waals surface area (Å²) >= 11 is 0. The standard InChI is InChI=1S/C16H14F3NO4S/c1-10-3-4-11(15(21)24-2)9-14(10)25(22,23)20-13-7-5-12(6-8-13)16(17,18)19/h3-9,20H,1-2H3. The number of anilines is 1. The van der Waals surface area contributed by atoms with Gasteiger partial charge in [-0.1, -0.05) is 6.07 Å². The van der Waals surface area contributed by atoms with Crippen LogP contribution in [0.25, 0.3) is 0 Å². The maximum atomic E-state index is 12.5. The van der Waals surface area contributed by atoms with Crippen molar-refractivity contribution in [2.24, 2.45) is 0 Å². The third kappa shape index (κ3) is 4.30. The monoisotopic (exact) mass is 373 g/mol. The lowest BCUT2D eigenvalue weighted by Gasteiger charge is -2.12. The second kappa shape index (κ2) is 6.75. The quantitative estimate of drug-likeness (QED) is 0.831. The van der Waals surface area contributed by atoms with Crippen molar-refractivity contribution >= 4 is 21.7 Å². The fourth-order valence-electron chi connectivity index (χ4n) is 2.07. The summed E-state index contributed by atoms with van der Waals surface area (Å²) in [5.41, 5.74) is -0.511. The van der Waals surface area contributed by atoms with Crippen LogP contribution in [-0.2, 0) is 20.9 Å². The number of alkyl halides is 3. The number of carbonyl (C=O) groups excluding carboxylic acids is 1. The summed E-state index contributed by atoms with van der Waals surface area (Å²) in [6.07, 6.45) is -4.51. The van der Waals surface area contributed by atoms with Gasteiger partial charge in [0.2, 0.25) is 0 Å². The molecule has 134 valence electrons. The molecule has 1 N–H and O–H groups in total. The SMILES string of the molecule is COC(=O)c1ccc(C)c(S(=O)(=O)Nc2ccc(C(F)(F)F)cc2)c1. The van der Waals surface area contributed by atoms with E-state index in [1.54, 1.807) is 0 Å². The van der Waals surface area contributed by atoms with E-state index in [4.69, 9.17) is 0 Å². The van der Waals surface area contributed by atoms with E-state index in [2.05, 4.69) is 9.46 Å². The Morgan fingerprint density at radius 1 is 1.08 bits per heavy atom. The Labute approximate surface area is 142 Å². The van der Waals surface area contributed by atoms with Gasteiger partial charge < -0.3 is 4.74 Å². The predicted octanol–water partition coefficient (Wildman–Crippen LogP) is 3.60. The van der Waals surface area contributed by atoms with Crippen molar-refractivity contribution in [2.75, 3.05) is 11.8 Å². The number of halogens is 3. The molecular weight excluding hydrogens is 359 g/mol. The molecule has 25 heavy (non-hydrogen) atoms. The first-order chi connectivity index (χ1) is 11.5. The number of sulfonamides is 1. The van der Waals surface area contributed by atoms with Gasteiger partial charge in [0.25, 0.3) is 10.0 Å². The summed E-state index contributed by atoms with van der Waals surface area (Å²) in [6, 6.07) is 7.57. The number of rotatable bonds is 4. The first kappa shape index (κ1) is 18.8. The van der Waals surface area contributed by atoms with Crippen LogP contribution in [0.2, 0.25) is 0 Å². The zero-order valence-electron chi connectivity index (χ0n) is 13.2. The number of esters is 1. The Morgan fingerprint density at radius 2 is 1.68 bits per heavy atom. The number of aryl methyl sites for hydroxylation is 1. The minimum Gasteiger partial charge on any atom is -0.465 e. The van der Waals surface area contributed by atoms with Crippen LogP contribution in [0.1, 0.15) is 21.5 Å². The molecule has 0 aliphatic heterocycles. The summed E-state index contributed by atoms with van der Waals surface area (Å²) in [6.45, 7) is 1.53. The molecule has 2 rings (SSSR count). The minimum atomic E-state index is -4.51. The van der Waals surface area contributed by atoms with Crippen molar-refractivity contribution in [3.63, 3.8) is 0 Å². The molecule has 0 radical (unpaired) electrons. The molecule has 0 aromatic heterocycles. The van der Waals surface area contributed by atoms with Crippen molar-refractivity contribution < 1.29 is 31.1 Å². The van der Waals surface area contributed by atoms with Crippen LogP contribution in [0, 0.1) is 6.92 Å². The van der Waals surface area contributed by atoms with Crippen LogP contribution in [0.15, 0.2) is 47.4 Å². The summed E-state index contributed by atoms with van der Waals surface area (Å²) in [4.78, 5) is 11.4. The number of nitrogens with one attached hydrogen (secondary N) is 1. The lowest BCUT2D eigenvalue weighted by atomic mass is 10.1. The summed E-state index contributed by atoms with van der Waals surface area (Å²) < 4.78 is 69.3. The van der Waals surface area contributed by atoms with Crippen molar-refractivity contribution in [3.8, 4) is 0 Å². The average Bonchev–Trinajstić information content (AvgIpc) is 2.53. The van der Waals surface area contributed by atoms with Crippen molar-refractivity contribution in [2.45, 2.75) is 18.0 Å². The zero-order valence-corrected chi connectivity index (χ0v) is 14.0. The Morgan fingerprint density at radius 3 is 2.20 bits per heavy atom. The van der Waals surface area contributed by atoms with E-state index in [0.29, 0.717) is 5.56 Å². The summed E-state index contributed by atoms with van der Waals surface area (Å²) in [5, 5.41) is 0. The third-order valence-electron chi connectivity index (χ3n) is 3.36. The van der Waals surface area contributed by atoms with Crippen molar-refractivity contribution in [3.05, 3.63) is 59.2 Å². The molecule has 0 atom stereocenters. The fourth-order valence-corrected chi connectivity index (χ4v) is 3.40. The van der Waals surface area contributed by atoms with Crippen LogP contribution in [-0.4, -0.2) is 21.5 Å². The largest absolute Gasteiger partial charge is 0.465 e. The summed E-state index contributed by atoms with van der Waals surface area (Å²) in [5.74, 6) is -0.703. The van der Waals surface area contributed by atoms with Gasteiger partial charge >= 0.3 is 12.1 Å². The molecule has 2 aromatic carbocycles. The van der Waals surface area contributed by atoms with Gasteiger partial charge in [-0.05, 0) is 48.9 Å². The van der Waals surface area contributed by atoms with E-state index in [1.165, 1.54) is 19.1 Å². The van der Waals surface area contributed by atoms with Crippen LogP contribution >= 0.6 is 0 Å². The molecule has 0 unspecified atom stereocenters. The Hall–Kier alpha value is -2.55. The van der Waals surface area contributed by atoms with Gasteiger partial charge in [-0.3, -0.25) is 4.72 Å². The first-order valence-corrected chi connectivity index (χ1v) is 8.42.